The highest BCUT2D eigenvalue weighted by Gasteiger charge is 2.14. The van der Waals surface area contributed by atoms with Crippen LogP contribution in [-0.2, 0) is 6.54 Å². The molecular weight excluding hydrogens is 369 g/mol. The maximum Gasteiger partial charge on any atom is 0.182 e. The van der Waals surface area contributed by atoms with Crippen molar-refractivity contribution in [2.24, 2.45) is 10.7 Å². The van der Waals surface area contributed by atoms with Crippen LogP contribution >= 0.6 is 36.2 Å². The second-order valence-corrected chi connectivity index (χ2v) is 5.96. The van der Waals surface area contributed by atoms with E-state index in [-0.39, 0.29) is 24.8 Å². The van der Waals surface area contributed by atoms with Gasteiger partial charge in [-0.15, -0.1) is 24.8 Å². The predicted octanol–water partition coefficient (Wildman–Crippen LogP) is 4.12. The third kappa shape index (κ3) is 6.68. The number of nitrogens with two attached hydrogens (primary N) is 2. The minimum absolute atomic E-state index is 0. The Morgan fingerprint density at radius 1 is 1.29 bits per heavy atom. The quantitative estimate of drug-likeness (QED) is 0.337. The van der Waals surface area contributed by atoms with Gasteiger partial charge in [-0.2, -0.15) is 0 Å². The first-order valence-electron chi connectivity index (χ1n) is 7.56. The molecule has 136 valence electrons. The molecule has 0 saturated carbocycles. The molecule has 0 aliphatic rings. The van der Waals surface area contributed by atoms with Gasteiger partial charge in [0.2, 0.25) is 0 Å². The fraction of sp³-hybridized carbons (Fsp3) is 0.467. The Morgan fingerprint density at radius 3 is 2.75 bits per heavy atom. The lowest BCUT2D eigenvalue weighted by atomic mass is 10.2. The summed E-state index contributed by atoms with van der Waals surface area (Å²) in [6.45, 7) is 3.48. The molecule has 6 nitrogen and oxygen atoms in total. The summed E-state index contributed by atoms with van der Waals surface area (Å²) in [5.41, 5.74) is 12.0. The van der Waals surface area contributed by atoms with E-state index in [0.717, 1.165) is 18.0 Å². The van der Waals surface area contributed by atoms with E-state index >= 15 is 0 Å². The number of aliphatic imine (C=N–C) groups is 1. The molecule has 2 rings (SSSR count). The van der Waals surface area contributed by atoms with Crippen LogP contribution in [0.25, 0.3) is 11.5 Å². The fourth-order valence-electron chi connectivity index (χ4n) is 2.01. The van der Waals surface area contributed by atoms with Crippen molar-refractivity contribution in [1.82, 2.24) is 10.3 Å². The number of furan rings is 1. The first kappa shape index (κ1) is 22.7. The molecule has 0 unspecified atom stereocenters. The summed E-state index contributed by atoms with van der Waals surface area (Å²) in [6.07, 6.45) is 6.61. The van der Waals surface area contributed by atoms with Gasteiger partial charge in [0, 0.05) is 6.54 Å². The molecule has 0 aromatic carbocycles. The summed E-state index contributed by atoms with van der Waals surface area (Å²) >= 11 is 1.34. The van der Waals surface area contributed by atoms with E-state index in [9.17, 15) is 0 Å². The number of rotatable bonds is 9. The Kier molecular flexibility index (Phi) is 11.5. The van der Waals surface area contributed by atoms with E-state index in [1.807, 2.05) is 12.1 Å². The maximum atomic E-state index is 5.79. The number of nitrogens with one attached hydrogen (secondary N) is 1. The van der Waals surface area contributed by atoms with E-state index in [2.05, 4.69) is 22.2 Å². The van der Waals surface area contributed by atoms with Crippen molar-refractivity contribution in [3.05, 3.63) is 17.9 Å². The van der Waals surface area contributed by atoms with Gasteiger partial charge in [-0.25, -0.2) is 9.98 Å². The van der Waals surface area contributed by atoms with Gasteiger partial charge < -0.3 is 21.2 Å². The average Bonchev–Trinajstić information content (AvgIpc) is 3.12. The predicted molar refractivity (Wildman–Crippen MR) is 107 cm³/mol. The van der Waals surface area contributed by atoms with Crippen molar-refractivity contribution in [3.63, 3.8) is 0 Å². The van der Waals surface area contributed by atoms with Crippen molar-refractivity contribution in [2.45, 2.75) is 39.2 Å². The zero-order chi connectivity index (χ0) is 15.8. The third-order valence-electron chi connectivity index (χ3n) is 3.17. The molecule has 0 aliphatic heterocycles. The van der Waals surface area contributed by atoms with Crippen LogP contribution in [0, 0.1) is 0 Å². The number of thiazole rings is 1. The second kappa shape index (κ2) is 12.1. The molecule has 0 atom stereocenters. The standard InChI is InChI=1S/C15H23N5OS.2ClH/c1-2-3-4-5-8-18-10-19-14-13(20-15(17)22-14)12-7-6-11(9-16)21-12;;/h6-7,10H,2-5,8-9,16H2,1H3,(H2,17,20)(H,18,19);2*1H. The molecule has 0 radical (unpaired) electrons. The van der Waals surface area contributed by atoms with Gasteiger partial charge >= 0.3 is 0 Å². The summed E-state index contributed by atoms with van der Waals surface area (Å²) < 4.78 is 5.61. The van der Waals surface area contributed by atoms with Crippen molar-refractivity contribution < 1.29 is 4.42 Å². The van der Waals surface area contributed by atoms with Crippen LogP contribution in [0.4, 0.5) is 10.1 Å². The number of anilines is 1. The molecule has 0 bridgehead atoms. The zero-order valence-electron chi connectivity index (χ0n) is 13.7. The monoisotopic (exact) mass is 393 g/mol. The molecule has 0 amide bonds. The molecule has 0 spiro atoms. The van der Waals surface area contributed by atoms with Gasteiger partial charge in [0.1, 0.15) is 11.5 Å². The summed E-state index contributed by atoms with van der Waals surface area (Å²) in [5, 5.41) is 4.39. The fourth-order valence-corrected chi connectivity index (χ4v) is 2.70. The van der Waals surface area contributed by atoms with Crippen LogP contribution in [-0.4, -0.2) is 17.9 Å². The molecule has 0 fully saturated rings. The highest BCUT2D eigenvalue weighted by Crippen LogP contribution is 2.37. The highest BCUT2D eigenvalue weighted by molar-refractivity contribution is 7.19. The summed E-state index contributed by atoms with van der Waals surface area (Å²) in [7, 11) is 0. The third-order valence-corrected chi connectivity index (χ3v) is 3.96. The van der Waals surface area contributed by atoms with Crippen LogP contribution in [0.15, 0.2) is 21.5 Å². The average molecular weight is 394 g/mol. The lowest BCUT2D eigenvalue weighted by Crippen LogP contribution is -2.12. The van der Waals surface area contributed by atoms with Crippen LogP contribution < -0.4 is 16.8 Å². The topological polar surface area (TPSA) is 102 Å². The number of aromatic nitrogens is 1. The Bertz CT molecular complexity index is 615. The number of hydrogen-bond donors (Lipinski definition) is 3. The lowest BCUT2D eigenvalue weighted by molar-refractivity contribution is 0.524. The second-order valence-electron chi connectivity index (χ2n) is 4.95. The van der Waals surface area contributed by atoms with Crippen molar-refractivity contribution in [2.75, 3.05) is 12.3 Å². The van der Waals surface area contributed by atoms with Gasteiger partial charge in [0.25, 0.3) is 0 Å². The van der Waals surface area contributed by atoms with Gasteiger partial charge in [0.15, 0.2) is 15.9 Å². The molecule has 0 saturated heterocycles. The number of hydrogen-bond acceptors (Lipinski definition) is 6. The van der Waals surface area contributed by atoms with Gasteiger partial charge in [0.05, 0.1) is 12.9 Å². The van der Waals surface area contributed by atoms with Gasteiger partial charge in [-0.05, 0) is 18.6 Å². The molecular formula is C15H25Cl2N5OS. The molecule has 24 heavy (non-hydrogen) atoms. The first-order valence-corrected chi connectivity index (χ1v) is 8.37. The van der Waals surface area contributed by atoms with Crippen LogP contribution in [0.1, 0.15) is 38.4 Å². The zero-order valence-corrected chi connectivity index (χ0v) is 16.1. The first-order chi connectivity index (χ1) is 10.7. The molecule has 5 N–H and O–H groups in total. The SMILES string of the molecule is CCCCCCNC=Nc1sc(N)nc1-c1ccc(CN)o1.Cl.Cl. The Balaban J connectivity index is 0.00000264. The molecule has 0 aliphatic carbocycles. The minimum Gasteiger partial charge on any atom is -0.458 e. The van der Waals surface area contributed by atoms with Crippen molar-refractivity contribution in [1.29, 1.82) is 0 Å². The van der Waals surface area contributed by atoms with E-state index < -0.39 is 0 Å². The number of halogens is 2. The largest absolute Gasteiger partial charge is 0.458 e. The van der Waals surface area contributed by atoms with Crippen molar-refractivity contribution in [3.8, 4) is 11.5 Å². The molecule has 9 heteroatoms. The Labute approximate surface area is 158 Å². The summed E-state index contributed by atoms with van der Waals surface area (Å²) in [6, 6.07) is 3.68. The van der Waals surface area contributed by atoms with Crippen LogP contribution in [0.2, 0.25) is 0 Å². The lowest BCUT2D eigenvalue weighted by Gasteiger charge is -1.99. The number of unbranched alkanes of at least 4 members (excludes halogenated alkanes) is 3. The van der Waals surface area contributed by atoms with E-state index in [0.29, 0.717) is 28.9 Å². The minimum atomic E-state index is 0. The van der Waals surface area contributed by atoms with E-state index in [1.165, 1.54) is 30.6 Å². The van der Waals surface area contributed by atoms with E-state index in [4.69, 9.17) is 15.9 Å². The Hall–Kier alpha value is -1.28. The molecule has 2 heterocycles. The molecule has 2 aromatic rings. The Morgan fingerprint density at radius 2 is 2.08 bits per heavy atom. The van der Waals surface area contributed by atoms with Crippen molar-refractivity contribution >= 4 is 52.6 Å². The van der Waals surface area contributed by atoms with Gasteiger partial charge in [-0.1, -0.05) is 37.5 Å². The normalized spacial score (nSPS) is 10.4. The number of nitrogens with zero attached hydrogens (tertiary/aromatic N) is 2. The maximum absolute atomic E-state index is 5.79. The number of nitrogen functional groups attached to an aromatic ring is 1. The van der Waals surface area contributed by atoms with Gasteiger partial charge in [-0.3, -0.25) is 0 Å². The highest BCUT2D eigenvalue weighted by atomic mass is 35.5. The smallest absolute Gasteiger partial charge is 0.182 e. The molecule has 2 aromatic heterocycles. The summed E-state index contributed by atoms with van der Waals surface area (Å²) in [5.74, 6) is 1.36. The van der Waals surface area contributed by atoms with Crippen LogP contribution in [0.5, 0.6) is 0 Å². The van der Waals surface area contributed by atoms with Crippen LogP contribution in [0.3, 0.4) is 0 Å². The van der Waals surface area contributed by atoms with E-state index in [1.54, 1.807) is 6.34 Å². The summed E-state index contributed by atoms with van der Waals surface area (Å²) in [4.78, 5) is 8.69.